The summed E-state index contributed by atoms with van der Waals surface area (Å²) >= 11 is 0. The molecule has 4 rings (SSSR count). The van der Waals surface area contributed by atoms with Crippen LogP contribution in [0, 0.1) is 0 Å². The first-order valence-electron chi connectivity index (χ1n) is 11.0. The molecule has 0 bridgehead atoms. The summed E-state index contributed by atoms with van der Waals surface area (Å²) in [4.78, 5) is 43.5. The van der Waals surface area contributed by atoms with Gasteiger partial charge in [0.15, 0.2) is 6.61 Å². The number of rotatable bonds is 5. The number of para-hydroxylation sites is 2. The fourth-order valence-corrected chi connectivity index (χ4v) is 4.30. The number of nitrogens with zero attached hydrogens (tertiary/aromatic N) is 3. The predicted molar refractivity (Wildman–Crippen MR) is 122 cm³/mol. The predicted octanol–water partition coefficient (Wildman–Crippen LogP) is 2.45. The van der Waals surface area contributed by atoms with E-state index in [1.807, 2.05) is 73.3 Å². The SMILES string of the molecule is CC(C)(C(=O)N1CCN(C(=O)CCN2C(=O)COc3ccccc32)CC1)c1ccccc1. The minimum absolute atomic E-state index is 0.00353. The van der Waals surface area contributed by atoms with Crippen molar-refractivity contribution in [3.63, 3.8) is 0 Å². The van der Waals surface area contributed by atoms with Crippen LogP contribution in [0.2, 0.25) is 0 Å². The molecular formula is C25H29N3O4. The first-order valence-corrected chi connectivity index (χ1v) is 11.0. The van der Waals surface area contributed by atoms with E-state index in [9.17, 15) is 14.4 Å². The van der Waals surface area contributed by atoms with E-state index in [2.05, 4.69) is 0 Å². The lowest BCUT2D eigenvalue weighted by Crippen LogP contribution is -2.54. The molecule has 7 nitrogen and oxygen atoms in total. The van der Waals surface area contributed by atoms with Crippen LogP contribution in [0.3, 0.4) is 0 Å². The maximum Gasteiger partial charge on any atom is 0.265 e. The Morgan fingerprint density at radius 3 is 2.25 bits per heavy atom. The van der Waals surface area contributed by atoms with E-state index in [1.54, 1.807) is 9.80 Å². The minimum atomic E-state index is -0.614. The maximum atomic E-state index is 13.1. The molecule has 32 heavy (non-hydrogen) atoms. The number of fused-ring (bicyclic) bond motifs is 1. The van der Waals surface area contributed by atoms with E-state index in [0.717, 1.165) is 5.56 Å². The summed E-state index contributed by atoms with van der Waals surface area (Å²) in [5.41, 5.74) is 1.08. The number of carbonyl (C=O) groups excluding carboxylic acids is 3. The van der Waals surface area contributed by atoms with Crippen LogP contribution in [-0.4, -0.2) is 66.9 Å². The summed E-state index contributed by atoms with van der Waals surface area (Å²) in [6, 6.07) is 17.1. The summed E-state index contributed by atoms with van der Waals surface area (Å²) in [6.07, 6.45) is 0.240. The molecule has 2 aliphatic heterocycles. The molecule has 0 atom stereocenters. The van der Waals surface area contributed by atoms with Gasteiger partial charge < -0.3 is 19.4 Å². The molecule has 1 fully saturated rings. The molecule has 0 spiro atoms. The van der Waals surface area contributed by atoms with Crippen LogP contribution in [0.15, 0.2) is 54.6 Å². The largest absolute Gasteiger partial charge is 0.482 e. The lowest BCUT2D eigenvalue weighted by Gasteiger charge is -2.39. The molecule has 0 aromatic heterocycles. The second-order valence-corrected chi connectivity index (χ2v) is 8.72. The zero-order valence-electron chi connectivity index (χ0n) is 18.6. The summed E-state index contributed by atoms with van der Waals surface area (Å²) < 4.78 is 5.46. The van der Waals surface area contributed by atoms with E-state index >= 15 is 0 Å². The lowest BCUT2D eigenvalue weighted by molar-refractivity contribution is -0.142. The Bertz CT molecular complexity index is 997. The number of anilines is 1. The van der Waals surface area contributed by atoms with Crippen molar-refractivity contribution < 1.29 is 19.1 Å². The first kappa shape index (κ1) is 21.9. The third-order valence-electron chi connectivity index (χ3n) is 6.31. The van der Waals surface area contributed by atoms with Crippen molar-refractivity contribution in [1.29, 1.82) is 0 Å². The van der Waals surface area contributed by atoms with E-state index in [4.69, 9.17) is 4.74 Å². The zero-order valence-corrected chi connectivity index (χ0v) is 18.6. The normalized spacial score (nSPS) is 16.4. The molecule has 1 saturated heterocycles. The standard InChI is InChI=1S/C25H29N3O4/c1-25(2,19-8-4-3-5-9-19)24(31)27-16-14-26(15-17-27)22(29)12-13-28-20-10-6-7-11-21(20)32-18-23(28)30/h3-11H,12-18H2,1-2H3. The fraction of sp³-hybridized carbons (Fsp3) is 0.400. The van der Waals surface area contributed by atoms with Gasteiger partial charge in [-0.25, -0.2) is 0 Å². The van der Waals surface area contributed by atoms with Crippen LogP contribution < -0.4 is 9.64 Å². The van der Waals surface area contributed by atoms with Gasteiger partial charge in [-0.15, -0.1) is 0 Å². The van der Waals surface area contributed by atoms with Gasteiger partial charge in [-0.2, -0.15) is 0 Å². The number of hydrogen-bond acceptors (Lipinski definition) is 4. The van der Waals surface area contributed by atoms with Gasteiger partial charge in [-0.3, -0.25) is 14.4 Å². The van der Waals surface area contributed by atoms with Crippen LogP contribution in [0.25, 0.3) is 0 Å². The Kier molecular flexibility index (Phi) is 6.17. The first-order chi connectivity index (χ1) is 15.4. The highest BCUT2D eigenvalue weighted by Gasteiger charge is 2.35. The molecule has 0 N–H and O–H groups in total. The van der Waals surface area contributed by atoms with Crippen LogP contribution in [0.4, 0.5) is 5.69 Å². The Labute approximate surface area is 188 Å². The second kappa shape index (κ2) is 9.02. The average Bonchev–Trinajstić information content (AvgIpc) is 2.83. The number of amides is 3. The summed E-state index contributed by atoms with van der Waals surface area (Å²) in [5, 5.41) is 0. The van der Waals surface area contributed by atoms with E-state index in [1.165, 1.54) is 0 Å². The number of piperazine rings is 1. The van der Waals surface area contributed by atoms with Crippen molar-refractivity contribution in [2.75, 3.05) is 44.2 Å². The van der Waals surface area contributed by atoms with E-state index in [0.29, 0.717) is 44.2 Å². The van der Waals surface area contributed by atoms with Crippen LogP contribution >= 0.6 is 0 Å². The van der Waals surface area contributed by atoms with E-state index in [-0.39, 0.29) is 30.7 Å². The third-order valence-corrected chi connectivity index (χ3v) is 6.31. The fourth-order valence-electron chi connectivity index (χ4n) is 4.30. The van der Waals surface area contributed by atoms with E-state index < -0.39 is 5.41 Å². The highest BCUT2D eigenvalue weighted by Crippen LogP contribution is 2.31. The third kappa shape index (κ3) is 4.33. The van der Waals surface area contributed by atoms with Crippen molar-refractivity contribution in [2.45, 2.75) is 25.7 Å². The smallest absolute Gasteiger partial charge is 0.265 e. The molecule has 2 aromatic carbocycles. The Hall–Kier alpha value is -3.35. The Morgan fingerprint density at radius 1 is 0.906 bits per heavy atom. The van der Waals surface area contributed by atoms with Gasteiger partial charge in [0, 0.05) is 39.1 Å². The van der Waals surface area contributed by atoms with Crippen LogP contribution in [-0.2, 0) is 19.8 Å². The van der Waals surface area contributed by atoms with Crippen LogP contribution in [0.1, 0.15) is 25.8 Å². The minimum Gasteiger partial charge on any atom is -0.482 e. The number of carbonyl (C=O) groups is 3. The molecule has 0 saturated carbocycles. The van der Waals surface area contributed by atoms with Gasteiger partial charge in [-0.05, 0) is 31.5 Å². The van der Waals surface area contributed by atoms with Crippen molar-refractivity contribution in [1.82, 2.24) is 9.80 Å². The molecule has 3 amide bonds. The summed E-state index contributed by atoms with van der Waals surface area (Å²) in [6.45, 7) is 6.23. The van der Waals surface area contributed by atoms with Crippen LogP contribution in [0.5, 0.6) is 5.75 Å². The second-order valence-electron chi connectivity index (χ2n) is 8.72. The molecule has 0 radical (unpaired) electrons. The molecule has 2 aromatic rings. The highest BCUT2D eigenvalue weighted by molar-refractivity contribution is 5.98. The molecule has 168 valence electrons. The summed E-state index contributed by atoms with van der Waals surface area (Å²) in [7, 11) is 0. The quantitative estimate of drug-likeness (QED) is 0.724. The molecule has 2 heterocycles. The maximum absolute atomic E-state index is 13.1. The van der Waals surface area contributed by atoms with Crippen molar-refractivity contribution in [3.05, 3.63) is 60.2 Å². The number of benzene rings is 2. The zero-order chi connectivity index (χ0) is 22.7. The van der Waals surface area contributed by atoms with Gasteiger partial charge in [0.05, 0.1) is 11.1 Å². The van der Waals surface area contributed by atoms with Gasteiger partial charge in [0.2, 0.25) is 11.8 Å². The average molecular weight is 436 g/mol. The van der Waals surface area contributed by atoms with Crippen molar-refractivity contribution >= 4 is 23.4 Å². The monoisotopic (exact) mass is 435 g/mol. The lowest BCUT2D eigenvalue weighted by atomic mass is 9.83. The van der Waals surface area contributed by atoms with Gasteiger partial charge in [-0.1, -0.05) is 42.5 Å². The van der Waals surface area contributed by atoms with Gasteiger partial charge >= 0.3 is 0 Å². The number of ether oxygens (including phenoxy) is 1. The van der Waals surface area contributed by atoms with Gasteiger partial charge in [0.25, 0.3) is 5.91 Å². The molecule has 7 heteroatoms. The Morgan fingerprint density at radius 2 is 1.53 bits per heavy atom. The molecule has 0 aliphatic carbocycles. The van der Waals surface area contributed by atoms with Crippen molar-refractivity contribution in [3.8, 4) is 5.75 Å². The van der Waals surface area contributed by atoms with Gasteiger partial charge in [0.1, 0.15) is 5.75 Å². The Balaban J connectivity index is 1.31. The topological polar surface area (TPSA) is 70.2 Å². The number of hydrogen-bond donors (Lipinski definition) is 0. The molecule has 2 aliphatic rings. The highest BCUT2D eigenvalue weighted by atomic mass is 16.5. The summed E-state index contributed by atoms with van der Waals surface area (Å²) in [5.74, 6) is 0.588. The molecule has 0 unspecified atom stereocenters. The van der Waals surface area contributed by atoms with Crippen molar-refractivity contribution in [2.24, 2.45) is 0 Å². The molecular weight excluding hydrogens is 406 g/mol.